The Balaban J connectivity index is 1.47. The van der Waals surface area contributed by atoms with E-state index in [-0.39, 0.29) is 10.5 Å². The highest BCUT2D eigenvalue weighted by atomic mass is 32.2. The number of hydrogen-bond donors (Lipinski definition) is 2. The number of nitrogens with zero attached hydrogens (tertiary/aromatic N) is 2. The number of aryl methyl sites for hydroxylation is 1. The maximum absolute atomic E-state index is 12.5. The van der Waals surface area contributed by atoms with Gasteiger partial charge in [-0.2, -0.15) is 5.10 Å². The van der Waals surface area contributed by atoms with E-state index in [0.29, 0.717) is 17.3 Å². The van der Waals surface area contributed by atoms with Crippen molar-refractivity contribution in [1.82, 2.24) is 9.78 Å². The van der Waals surface area contributed by atoms with Crippen LogP contribution in [0.25, 0.3) is 5.69 Å². The number of carbonyl (C=O) groups is 2. The van der Waals surface area contributed by atoms with Crippen LogP contribution in [0.3, 0.4) is 0 Å². The lowest BCUT2D eigenvalue weighted by Crippen LogP contribution is -2.23. The molecular formula is C22H22N4O5S. The largest absolute Gasteiger partial charge is 0.452 e. The number of rotatable bonds is 7. The van der Waals surface area contributed by atoms with Crippen LogP contribution in [0.2, 0.25) is 0 Å². The second-order valence-corrected chi connectivity index (χ2v) is 9.18. The number of ether oxygens (including phenoxy) is 1. The second-order valence-electron chi connectivity index (χ2n) is 7.62. The number of nitrogens with one attached hydrogen (secondary N) is 1. The van der Waals surface area contributed by atoms with Gasteiger partial charge in [0.2, 0.25) is 10.0 Å². The lowest BCUT2D eigenvalue weighted by Gasteiger charge is -2.10. The third-order valence-corrected chi connectivity index (χ3v) is 5.99. The number of amides is 1. The van der Waals surface area contributed by atoms with E-state index in [1.807, 2.05) is 36.4 Å². The van der Waals surface area contributed by atoms with Gasteiger partial charge in [-0.3, -0.25) is 4.79 Å². The molecule has 0 bridgehead atoms. The normalized spacial score (nSPS) is 13.6. The number of esters is 1. The van der Waals surface area contributed by atoms with Gasteiger partial charge in [-0.15, -0.1) is 0 Å². The number of benzene rings is 2. The number of primary sulfonamides is 1. The van der Waals surface area contributed by atoms with Crippen molar-refractivity contribution in [3.63, 3.8) is 0 Å². The topological polar surface area (TPSA) is 133 Å². The minimum atomic E-state index is -3.98. The Hall–Kier alpha value is -3.50. The van der Waals surface area contributed by atoms with Crippen LogP contribution >= 0.6 is 0 Å². The number of anilines is 1. The first-order valence-electron chi connectivity index (χ1n) is 9.98. The van der Waals surface area contributed by atoms with Crippen molar-refractivity contribution in [3.05, 3.63) is 71.4 Å². The maximum Gasteiger partial charge on any atom is 0.338 e. The molecule has 0 atom stereocenters. The fourth-order valence-corrected chi connectivity index (χ4v) is 3.76. The van der Waals surface area contributed by atoms with Crippen molar-refractivity contribution in [1.29, 1.82) is 0 Å². The first-order chi connectivity index (χ1) is 15.2. The molecule has 0 spiro atoms. The minimum absolute atomic E-state index is 0.0228. The summed E-state index contributed by atoms with van der Waals surface area (Å²) in [7, 11) is -3.98. The van der Waals surface area contributed by atoms with Gasteiger partial charge in [-0.1, -0.05) is 24.3 Å². The molecule has 1 heterocycles. The van der Waals surface area contributed by atoms with Gasteiger partial charge in [-0.05, 0) is 49.6 Å². The van der Waals surface area contributed by atoms with E-state index in [0.717, 1.165) is 30.3 Å². The fourth-order valence-electron chi connectivity index (χ4n) is 3.22. The molecule has 1 saturated carbocycles. The van der Waals surface area contributed by atoms with Gasteiger partial charge >= 0.3 is 5.97 Å². The number of carbonyl (C=O) groups excluding carboxylic acids is 2. The highest BCUT2D eigenvalue weighted by molar-refractivity contribution is 7.89. The van der Waals surface area contributed by atoms with Crippen molar-refractivity contribution in [2.75, 3.05) is 11.9 Å². The van der Waals surface area contributed by atoms with Crippen LogP contribution < -0.4 is 10.5 Å². The molecule has 0 unspecified atom stereocenters. The predicted molar refractivity (Wildman–Crippen MR) is 117 cm³/mol. The lowest BCUT2D eigenvalue weighted by atomic mass is 10.1. The smallest absolute Gasteiger partial charge is 0.338 e. The average molecular weight is 455 g/mol. The van der Waals surface area contributed by atoms with E-state index in [1.54, 1.807) is 11.6 Å². The summed E-state index contributed by atoms with van der Waals surface area (Å²) < 4.78 is 29.8. The number of para-hydroxylation sites is 1. The molecular weight excluding hydrogens is 432 g/mol. The summed E-state index contributed by atoms with van der Waals surface area (Å²) in [6, 6.07) is 15.1. The van der Waals surface area contributed by atoms with Crippen LogP contribution in [0.4, 0.5) is 5.82 Å². The Labute approximate surface area is 185 Å². The van der Waals surface area contributed by atoms with Crippen molar-refractivity contribution in [2.45, 2.75) is 30.6 Å². The van der Waals surface area contributed by atoms with Crippen molar-refractivity contribution in [3.8, 4) is 5.69 Å². The second kappa shape index (κ2) is 8.56. The van der Waals surface area contributed by atoms with Crippen molar-refractivity contribution in [2.24, 2.45) is 5.14 Å². The molecule has 1 aliphatic carbocycles. The molecule has 1 amide bonds. The van der Waals surface area contributed by atoms with E-state index in [2.05, 4.69) is 10.4 Å². The molecule has 166 valence electrons. The number of nitrogens with two attached hydrogens (primary N) is 1. The summed E-state index contributed by atoms with van der Waals surface area (Å²) in [5.74, 6) is -0.495. The highest BCUT2D eigenvalue weighted by Crippen LogP contribution is 2.40. The molecule has 2 aromatic carbocycles. The number of sulfonamides is 1. The molecule has 3 N–H and O–H groups in total. The van der Waals surface area contributed by atoms with Crippen molar-refractivity contribution >= 4 is 27.7 Å². The standard InChI is InChI=1S/C22H22N4O5S/c1-14-7-10-17(32(23,29)30)11-18(14)22(28)31-13-21(27)24-20-12-19(15-8-9-15)25-26(20)16-5-3-2-4-6-16/h2-7,10-12,15H,8-9,13H2,1H3,(H,24,27)(H2,23,29,30). The van der Waals surface area contributed by atoms with Gasteiger partial charge in [0.05, 0.1) is 21.8 Å². The first-order valence-corrected chi connectivity index (χ1v) is 11.5. The van der Waals surface area contributed by atoms with Crippen LogP contribution in [0.1, 0.15) is 40.4 Å². The molecule has 1 aliphatic rings. The van der Waals surface area contributed by atoms with Gasteiger partial charge in [-0.25, -0.2) is 23.0 Å². The van der Waals surface area contributed by atoms with Crippen LogP contribution in [0.15, 0.2) is 59.5 Å². The van der Waals surface area contributed by atoms with E-state index in [1.165, 1.54) is 12.1 Å². The molecule has 1 fully saturated rings. The Morgan fingerprint density at radius 3 is 2.53 bits per heavy atom. The third-order valence-electron chi connectivity index (χ3n) is 5.08. The molecule has 4 rings (SSSR count). The third kappa shape index (κ3) is 4.87. The zero-order chi connectivity index (χ0) is 22.9. The van der Waals surface area contributed by atoms with Crippen LogP contribution in [0, 0.1) is 6.92 Å². The van der Waals surface area contributed by atoms with Crippen LogP contribution in [-0.4, -0.2) is 36.7 Å². The highest BCUT2D eigenvalue weighted by Gasteiger charge is 2.28. The molecule has 10 heteroatoms. The quantitative estimate of drug-likeness (QED) is 0.527. The molecule has 1 aromatic heterocycles. The van der Waals surface area contributed by atoms with E-state index < -0.39 is 28.5 Å². The SMILES string of the molecule is Cc1ccc(S(N)(=O)=O)cc1C(=O)OCC(=O)Nc1cc(C2CC2)nn1-c1ccccc1. The van der Waals surface area contributed by atoms with E-state index in [4.69, 9.17) is 9.88 Å². The number of aromatic nitrogens is 2. The van der Waals surface area contributed by atoms with Gasteiger partial charge in [0, 0.05) is 12.0 Å². The molecule has 0 radical (unpaired) electrons. The summed E-state index contributed by atoms with van der Waals surface area (Å²) in [4.78, 5) is 24.7. The van der Waals surface area contributed by atoms with Gasteiger partial charge in [0.25, 0.3) is 5.91 Å². The monoisotopic (exact) mass is 454 g/mol. The van der Waals surface area contributed by atoms with Gasteiger partial charge < -0.3 is 10.1 Å². The maximum atomic E-state index is 12.5. The zero-order valence-corrected chi connectivity index (χ0v) is 18.1. The first kappa shape index (κ1) is 21.7. The average Bonchev–Trinajstić information content (AvgIpc) is 3.53. The van der Waals surface area contributed by atoms with E-state index >= 15 is 0 Å². The zero-order valence-electron chi connectivity index (χ0n) is 17.3. The minimum Gasteiger partial charge on any atom is -0.452 e. The summed E-state index contributed by atoms with van der Waals surface area (Å²) >= 11 is 0. The summed E-state index contributed by atoms with van der Waals surface area (Å²) in [6.07, 6.45) is 2.13. The Morgan fingerprint density at radius 2 is 1.88 bits per heavy atom. The lowest BCUT2D eigenvalue weighted by molar-refractivity contribution is -0.119. The van der Waals surface area contributed by atoms with Gasteiger partial charge in [0.15, 0.2) is 6.61 Å². The van der Waals surface area contributed by atoms with Gasteiger partial charge in [0.1, 0.15) is 5.82 Å². The Bertz CT molecular complexity index is 1280. The summed E-state index contributed by atoms with van der Waals surface area (Å²) in [6.45, 7) is 1.08. The Morgan fingerprint density at radius 1 is 1.16 bits per heavy atom. The molecule has 32 heavy (non-hydrogen) atoms. The Kier molecular flexibility index (Phi) is 5.81. The van der Waals surface area contributed by atoms with Crippen LogP contribution in [-0.2, 0) is 19.6 Å². The number of hydrogen-bond acceptors (Lipinski definition) is 6. The molecule has 9 nitrogen and oxygen atoms in total. The molecule has 0 saturated heterocycles. The van der Waals surface area contributed by atoms with E-state index in [9.17, 15) is 18.0 Å². The summed E-state index contributed by atoms with van der Waals surface area (Å²) in [5, 5.41) is 12.5. The van der Waals surface area contributed by atoms with Crippen LogP contribution in [0.5, 0.6) is 0 Å². The van der Waals surface area contributed by atoms with Crippen molar-refractivity contribution < 1.29 is 22.7 Å². The molecule has 0 aliphatic heterocycles. The fraction of sp³-hybridized carbons (Fsp3) is 0.227. The molecule has 3 aromatic rings. The predicted octanol–water partition coefficient (Wildman–Crippen LogP) is 2.50. The summed E-state index contributed by atoms with van der Waals surface area (Å²) in [5.41, 5.74) is 2.22.